The SMILES string of the molecule is CC(=O)N1C=Cc2ccccc2C1CC(=O)NCCCCCC(=O)O. The fourth-order valence-electron chi connectivity index (χ4n) is 2.97. The van der Waals surface area contributed by atoms with Gasteiger partial charge < -0.3 is 15.3 Å². The summed E-state index contributed by atoms with van der Waals surface area (Å²) in [5, 5.41) is 11.4. The predicted molar refractivity (Wildman–Crippen MR) is 94.5 cm³/mol. The summed E-state index contributed by atoms with van der Waals surface area (Å²) in [6.45, 7) is 2.01. The number of rotatable bonds is 8. The highest BCUT2D eigenvalue weighted by Gasteiger charge is 2.27. The second-order valence-corrected chi connectivity index (χ2v) is 6.15. The molecule has 6 heteroatoms. The number of carboxylic acids is 1. The first-order valence-corrected chi connectivity index (χ1v) is 8.53. The quantitative estimate of drug-likeness (QED) is 0.710. The molecule has 0 fully saturated rings. The Balaban J connectivity index is 1.88. The van der Waals surface area contributed by atoms with Gasteiger partial charge in [-0.1, -0.05) is 30.7 Å². The molecule has 0 saturated carbocycles. The number of nitrogens with one attached hydrogen (secondary N) is 1. The number of carboxylic acid groups (broad SMARTS) is 1. The Labute approximate surface area is 147 Å². The van der Waals surface area contributed by atoms with E-state index in [1.807, 2.05) is 30.3 Å². The molecule has 1 aliphatic heterocycles. The van der Waals surface area contributed by atoms with Crippen molar-refractivity contribution >= 4 is 23.9 Å². The molecule has 6 nitrogen and oxygen atoms in total. The second kappa shape index (κ2) is 9.01. The zero-order valence-corrected chi connectivity index (χ0v) is 14.4. The maximum absolute atomic E-state index is 12.3. The number of unbranched alkanes of at least 4 members (excludes halogenated alkanes) is 2. The van der Waals surface area contributed by atoms with Crippen LogP contribution in [0.3, 0.4) is 0 Å². The molecule has 1 aromatic rings. The van der Waals surface area contributed by atoms with Crippen LogP contribution < -0.4 is 5.32 Å². The molecule has 134 valence electrons. The predicted octanol–water partition coefficient (Wildman–Crippen LogP) is 2.71. The lowest BCUT2D eigenvalue weighted by Gasteiger charge is -2.32. The fourth-order valence-corrected chi connectivity index (χ4v) is 2.97. The van der Waals surface area contributed by atoms with Crippen molar-refractivity contribution in [2.45, 2.75) is 45.1 Å². The van der Waals surface area contributed by atoms with Gasteiger partial charge in [0.2, 0.25) is 11.8 Å². The van der Waals surface area contributed by atoms with E-state index in [1.165, 1.54) is 6.92 Å². The molecule has 2 rings (SSSR count). The summed E-state index contributed by atoms with van der Waals surface area (Å²) < 4.78 is 0. The monoisotopic (exact) mass is 344 g/mol. The van der Waals surface area contributed by atoms with Gasteiger partial charge in [0.1, 0.15) is 0 Å². The van der Waals surface area contributed by atoms with E-state index in [2.05, 4.69) is 5.32 Å². The van der Waals surface area contributed by atoms with E-state index in [1.54, 1.807) is 11.1 Å². The first-order valence-electron chi connectivity index (χ1n) is 8.53. The van der Waals surface area contributed by atoms with Crippen LogP contribution >= 0.6 is 0 Å². The van der Waals surface area contributed by atoms with Crippen LogP contribution in [0.25, 0.3) is 6.08 Å². The van der Waals surface area contributed by atoms with Gasteiger partial charge in [0, 0.05) is 26.1 Å². The Bertz CT molecular complexity index is 669. The normalized spacial score (nSPS) is 15.6. The molecule has 1 atom stereocenters. The van der Waals surface area contributed by atoms with Crippen LogP contribution in [0, 0.1) is 0 Å². The Morgan fingerprint density at radius 3 is 2.64 bits per heavy atom. The van der Waals surface area contributed by atoms with Gasteiger partial charge in [-0.15, -0.1) is 0 Å². The van der Waals surface area contributed by atoms with Crippen LogP contribution in [0.5, 0.6) is 0 Å². The lowest BCUT2D eigenvalue weighted by molar-refractivity contribution is -0.137. The third-order valence-electron chi connectivity index (χ3n) is 4.24. The third kappa shape index (κ3) is 5.45. The highest BCUT2D eigenvalue weighted by Crippen LogP contribution is 2.32. The number of aliphatic carboxylic acids is 1. The van der Waals surface area contributed by atoms with E-state index >= 15 is 0 Å². The van der Waals surface area contributed by atoms with Crippen molar-refractivity contribution in [1.82, 2.24) is 10.2 Å². The van der Waals surface area contributed by atoms with Gasteiger partial charge in [0.25, 0.3) is 0 Å². The van der Waals surface area contributed by atoms with Crippen molar-refractivity contribution in [2.75, 3.05) is 6.54 Å². The number of fused-ring (bicyclic) bond motifs is 1. The van der Waals surface area contributed by atoms with E-state index in [0.717, 1.165) is 24.0 Å². The van der Waals surface area contributed by atoms with E-state index in [-0.39, 0.29) is 30.7 Å². The maximum atomic E-state index is 12.3. The fraction of sp³-hybridized carbons (Fsp3) is 0.421. The van der Waals surface area contributed by atoms with Crippen LogP contribution in [0.2, 0.25) is 0 Å². The van der Waals surface area contributed by atoms with Crippen molar-refractivity contribution in [3.8, 4) is 0 Å². The maximum Gasteiger partial charge on any atom is 0.303 e. The molecule has 1 aliphatic rings. The molecule has 25 heavy (non-hydrogen) atoms. The number of hydrogen-bond donors (Lipinski definition) is 2. The molecular weight excluding hydrogens is 320 g/mol. The van der Waals surface area contributed by atoms with Crippen molar-refractivity contribution in [3.05, 3.63) is 41.6 Å². The van der Waals surface area contributed by atoms with Crippen LogP contribution in [0.4, 0.5) is 0 Å². The lowest BCUT2D eigenvalue weighted by Crippen LogP contribution is -2.35. The van der Waals surface area contributed by atoms with Crippen LogP contribution in [-0.2, 0) is 14.4 Å². The highest BCUT2D eigenvalue weighted by atomic mass is 16.4. The average molecular weight is 344 g/mol. The number of carbonyl (C=O) groups is 3. The molecule has 0 saturated heterocycles. The number of nitrogens with zero attached hydrogens (tertiary/aromatic N) is 1. The minimum absolute atomic E-state index is 0.0998. The standard InChI is InChI=1S/C19H24N2O4/c1-14(22)21-12-10-15-7-4-5-8-16(15)17(21)13-18(23)20-11-6-2-3-9-19(24)25/h4-5,7-8,10,12,17H,2-3,6,9,11,13H2,1H3,(H,20,23)(H,24,25). The zero-order valence-electron chi connectivity index (χ0n) is 14.4. The number of benzene rings is 1. The first-order chi connectivity index (χ1) is 12.0. The summed E-state index contributed by atoms with van der Waals surface area (Å²) in [6, 6.07) is 7.45. The molecule has 0 radical (unpaired) electrons. The Morgan fingerprint density at radius 2 is 1.92 bits per heavy atom. The topological polar surface area (TPSA) is 86.7 Å². The zero-order chi connectivity index (χ0) is 18.2. The smallest absolute Gasteiger partial charge is 0.303 e. The number of amides is 2. The summed E-state index contributed by atoms with van der Waals surface area (Å²) >= 11 is 0. The number of hydrogen-bond acceptors (Lipinski definition) is 3. The van der Waals surface area contributed by atoms with Gasteiger partial charge in [-0.2, -0.15) is 0 Å². The van der Waals surface area contributed by atoms with Gasteiger partial charge in [-0.3, -0.25) is 14.4 Å². The molecule has 1 aromatic carbocycles. The van der Waals surface area contributed by atoms with Crippen molar-refractivity contribution in [3.63, 3.8) is 0 Å². The van der Waals surface area contributed by atoms with Crippen molar-refractivity contribution < 1.29 is 19.5 Å². The molecule has 2 N–H and O–H groups in total. The van der Waals surface area contributed by atoms with Crippen molar-refractivity contribution in [2.24, 2.45) is 0 Å². The summed E-state index contributed by atoms with van der Waals surface area (Å²) in [5.41, 5.74) is 1.99. The van der Waals surface area contributed by atoms with Gasteiger partial charge in [-0.05, 0) is 30.0 Å². The van der Waals surface area contributed by atoms with E-state index in [0.29, 0.717) is 13.0 Å². The summed E-state index contributed by atoms with van der Waals surface area (Å²) in [5.74, 6) is -1.01. The van der Waals surface area contributed by atoms with Crippen LogP contribution in [0.15, 0.2) is 30.5 Å². The van der Waals surface area contributed by atoms with E-state index in [4.69, 9.17) is 5.11 Å². The Hall–Kier alpha value is -2.63. The molecule has 0 spiro atoms. The van der Waals surface area contributed by atoms with Gasteiger partial charge >= 0.3 is 5.97 Å². The van der Waals surface area contributed by atoms with Gasteiger partial charge in [-0.25, -0.2) is 0 Å². The van der Waals surface area contributed by atoms with E-state index < -0.39 is 5.97 Å². The average Bonchev–Trinajstić information content (AvgIpc) is 2.57. The Kier molecular flexibility index (Phi) is 6.74. The summed E-state index contributed by atoms with van der Waals surface area (Å²) in [6.07, 6.45) is 6.10. The minimum Gasteiger partial charge on any atom is -0.481 e. The Morgan fingerprint density at radius 1 is 1.16 bits per heavy atom. The van der Waals surface area contributed by atoms with Gasteiger partial charge in [0.05, 0.1) is 12.5 Å². The van der Waals surface area contributed by atoms with Crippen LogP contribution in [0.1, 0.15) is 56.2 Å². The molecule has 0 bridgehead atoms. The molecular formula is C19H24N2O4. The largest absolute Gasteiger partial charge is 0.481 e. The highest BCUT2D eigenvalue weighted by molar-refractivity contribution is 5.81. The molecule has 1 unspecified atom stereocenters. The molecule has 2 amide bonds. The molecule has 0 aromatic heterocycles. The number of carbonyl (C=O) groups excluding carboxylic acids is 2. The second-order valence-electron chi connectivity index (χ2n) is 6.15. The van der Waals surface area contributed by atoms with Crippen molar-refractivity contribution in [1.29, 1.82) is 0 Å². The van der Waals surface area contributed by atoms with Crippen LogP contribution in [-0.4, -0.2) is 34.3 Å². The molecule has 0 aliphatic carbocycles. The third-order valence-corrected chi connectivity index (χ3v) is 4.24. The minimum atomic E-state index is -0.794. The summed E-state index contributed by atoms with van der Waals surface area (Å²) in [4.78, 5) is 36.2. The van der Waals surface area contributed by atoms with E-state index in [9.17, 15) is 14.4 Å². The lowest BCUT2D eigenvalue weighted by atomic mass is 9.93. The van der Waals surface area contributed by atoms with Gasteiger partial charge in [0.15, 0.2) is 0 Å². The summed E-state index contributed by atoms with van der Waals surface area (Å²) in [7, 11) is 0. The first kappa shape index (κ1) is 18.7. The molecule has 1 heterocycles.